The van der Waals surface area contributed by atoms with E-state index in [0.717, 1.165) is 44.2 Å². The Morgan fingerprint density at radius 2 is 1.86 bits per heavy atom. The lowest BCUT2D eigenvalue weighted by atomic mass is 9.63. The van der Waals surface area contributed by atoms with Crippen LogP contribution in [0.2, 0.25) is 0 Å². The van der Waals surface area contributed by atoms with Gasteiger partial charge in [0.05, 0.1) is 5.70 Å². The quantitative estimate of drug-likeness (QED) is 0.321. The fourth-order valence-corrected chi connectivity index (χ4v) is 7.86. The molecule has 0 saturated carbocycles. The molecule has 0 radical (unpaired) electrons. The van der Waals surface area contributed by atoms with Crippen LogP contribution in [0.5, 0.6) is 0 Å². The lowest BCUT2D eigenvalue weighted by Crippen LogP contribution is -2.35. The van der Waals surface area contributed by atoms with Crippen molar-refractivity contribution in [3.8, 4) is 0 Å². The molecule has 1 N–H and O–H groups in total. The highest BCUT2D eigenvalue weighted by atomic mass is 14.8. The van der Waals surface area contributed by atoms with E-state index in [2.05, 4.69) is 134 Å². The SMILES string of the molecule is CC1(C2CC(c3ccccc3)=NC3=C2C=CC2C=C(C(CC(=N)C4=CC=CCC4)C4C=CC=CC4)C=CC32)C=CC=CC1. The van der Waals surface area contributed by atoms with Crippen LogP contribution in [0, 0.1) is 40.4 Å². The predicted molar refractivity (Wildman–Crippen MR) is 181 cm³/mol. The average molecular weight is 563 g/mol. The molecule has 0 bridgehead atoms. The van der Waals surface area contributed by atoms with E-state index in [4.69, 9.17) is 10.4 Å². The Hall–Kier alpha value is -4.04. The van der Waals surface area contributed by atoms with E-state index in [-0.39, 0.29) is 17.3 Å². The molecular weight excluding hydrogens is 520 g/mol. The summed E-state index contributed by atoms with van der Waals surface area (Å²) >= 11 is 0. The van der Waals surface area contributed by atoms with E-state index in [1.807, 2.05) is 0 Å². The molecular formula is C41H42N2. The van der Waals surface area contributed by atoms with Gasteiger partial charge in [-0.3, -0.25) is 4.99 Å². The number of benzene rings is 1. The number of fused-ring (bicyclic) bond motifs is 2. The molecule has 0 fully saturated rings. The third-order valence-corrected chi connectivity index (χ3v) is 10.4. The molecule has 216 valence electrons. The highest BCUT2D eigenvalue weighted by Gasteiger charge is 2.42. The maximum atomic E-state index is 9.05. The summed E-state index contributed by atoms with van der Waals surface area (Å²) in [7, 11) is 0. The molecule has 7 rings (SSSR count). The van der Waals surface area contributed by atoms with Gasteiger partial charge in [-0.2, -0.15) is 0 Å². The minimum Gasteiger partial charge on any atom is -0.305 e. The van der Waals surface area contributed by atoms with Crippen molar-refractivity contribution in [2.75, 3.05) is 0 Å². The van der Waals surface area contributed by atoms with Crippen LogP contribution in [-0.4, -0.2) is 11.4 Å². The topological polar surface area (TPSA) is 36.2 Å². The van der Waals surface area contributed by atoms with E-state index in [1.165, 1.54) is 33.7 Å². The van der Waals surface area contributed by atoms with Crippen molar-refractivity contribution < 1.29 is 0 Å². The van der Waals surface area contributed by atoms with Gasteiger partial charge in [-0.1, -0.05) is 134 Å². The van der Waals surface area contributed by atoms with Crippen molar-refractivity contribution >= 4 is 11.4 Å². The monoisotopic (exact) mass is 562 g/mol. The van der Waals surface area contributed by atoms with Crippen LogP contribution in [0.1, 0.15) is 51.0 Å². The van der Waals surface area contributed by atoms with Gasteiger partial charge in [0, 0.05) is 29.2 Å². The molecule has 43 heavy (non-hydrogen) atoms. The van der Waals surface area contributed by atoms with Gasteiger partial charge in [0.25, 0.3) is 0 Å². The minimum absolute atomic E-state index is 0.0666. The number of hydrogen-bond acceptors (Lipinski definition) is 2. The van der Waals surface area contributed by atoms with Crippen LogP contribution in [0.4, 0.5) is 0 Å². The third kappa shape index (κ3) is 5.56. The standard InChI is InChI=1S/C41H42N2/c1-41(24-12-5-13-25-41)37-28-39(31-18-10-4-11-19-31)43-40-34-22-20-33(26-32(34)21-23-35(37)40)36(29-14-6-2-7-15-29)27-38(42)30-16-8-3-9-17-30/h2-8,10-14,16,18-24,26,29,32,34,36-37,42H,9,15,17,25,27-28H2,1H3. The molecule has 5 aliphatic carbocycles. The Balaban J connectivity index is 1.22. The van der Waals surface area contributed by atoms with Gasteiger partial charge in [-0.05, 0) is 78.1 Å². The maximum Gasteiger partial charge on any atom is 0.0520 e. The molecule has 1 aromatic rings. The van der Waals surface area contributed by atoms with Crippen LogP contribution in [-0.2, 0) is 0 Å². The van der Waals surface area contributed by atoms with Gasteiger partial charge >= 0.3 is 0 Å². The van der Waals surface area contributed by atoms with Crippen LogP contribution < -0.4 is 0 Å². The molecule has 6 atom stereocenters. The number of allylic oxidation sites excluding steroid dienone is 19. The normalized spacial score (nSPS) is 31.2. The molecule has 2 heteroatoms. The van der Waals surface area contributed by atoms with Crippen LogP contribution >= 0.6 is 0 Å². The van der Waals surface area contributed by atoms with Crippen LogP contribution in [0.3, 0.4) is 0 Å². The predicted octanol–water partition coefficient (Wildman–Crippen LogP) is 10.0. The molecule has 0 amide bonds. The molecule has 6 unspecified atom stereocenters. The van der Waals surface area contributed by atoms with Gasteiger partial charge in [0.1, 0.15) is 0 Å². The maximum absolute atomic E-state index is 9.05. The zero-order valence-corrected chi connectivity index (χ0v) is 25.2. The second-order valence-corrected chi connectivity index (χ2v) is 13.2. The van der Waals surface area contributed by atoms with Gasteiger partial charge in [-0.15, -0.1) is 0 Å². The molecule has 2 nitrogen and oxygen atoms in total. The number of nitrogens with one attached hydrogen (secondary N) is 1. The molecule has 6 aliphatic rings. The molecule has 1 aliphatic heterocycles. The first-order chi connectivity index (χ1) is 21.1. The van der Waals surface area contributed by atoms with Gasteiger partial charge in [0.2, 0.25) is 0 Å². The number of nitrogens with zero attached hydrogens (tertiary/aromatic N) is 1. The Bertz CT molecular complexity index is 1610. The molecule has 1 heterocycles. The summed E-state index contributed by atoms with van der Waals surface area (Å²) in [4.78, 5) is 5.46. The van der Waals surface area contributed by atoms with E-state index in [0.29, 0.717) is 17.8 Å². The largest absolute Gasteiger partial charge is 0.305 e. The van der Waals surface area contributed by atoms with E-state index >= 15 is 0 Å². The zero-order valence-electron chi connectivity index (χ0n) is 25.2. The Labute approximate surface area is 257 Å². The van der Waals surface area contributed by atoms with Crippen molar-refractivity contribution in [1.29, 1.82) is 5.41 Å². The van der Waals surface area contributed by atoms with Crippen molar-refractivity contribution in [3.05, 3.63) is 156 Å². The smallest absolute Gasteiger partial charge is 0.0520 e. The lowest BCUT2D eigenvalue weighted by molar-refractivity contribution is 0.298. The van der Waals surface area contributed by atoms with Crippen molar-refractivity contribution in [3.63, 3.8) is 0 Å². The zero-order chi connectivity index (χ0) is 29.2. The number of aliphatic imine (C=N–C) groups is 1. The summed E-state index contributed by atoms with van der Waals surface area (Å²) in [6.45, 7) is 2.42. The summed E-state index contributed by atoms with van der Waals surface area (Å²) in [5.41, 5.74) is 8.56. The highest BCUT2D eigenvalue weighted by Crippen LogP contribution is 2.50. The van der Waals surface area contributed by atoms with Gasteiger partial charge in [-0.25, -0.2) is 0 Å². The van der Waals surface area contributed by atoms with Crippen molar-refractivity contribution in [1.82, 2.24) is 0 Å². The first kappa shape index (κ1) is 27.8. The van der Waals surface area contributed by atoms with E-state index in [1.54, 1.807) is 0 Å². The number of hydrogen-bond donors (Lipinski definition) is 1. The number of rotatable bonds is 7. The highest BCUT2D eigenvalue weighted by molar-refractivity contribution is 6.02. The van der Waals surface area contributed by atoms with Crippen LogP contribution in [0.15, 0.2) is 155 Å². The van der Waals surface area contributed by atoms with Crippen molar-refractivity contribution in [2.45, 2.75) is 45.4 Å². The second-order valence-electron chi connectivity index (χ2n) is 13.2. The summed E-state index contributed by atoms with van der Waals surface area (Å²) in [5.74, 6) is 1.61. The lowest BCUT2D eigenvalue weighted by Gasteiger charge is -2.43. The first-order valence-electron chi connectivity index (χ1n) is 16.2. The third-order valence-electron chi connectivity index (χ3n) is 10.4. The van der Waals surface area contributed by atoms with Crippen LogP contribution in [0.25, 0.3) is 0 Å². The fraction of sp³-hybridized carbons (Fsp3) is 0.317. The molecule has 0 saturated heterocycles. The minimum atomic E-state index is 0.0666. The summed E-state index contributed by atoms with van der Waals surface area (Å²) in [6.07, 6.45) is 42.7. The summed E-state index contributed by atoms with van der Waals surface area (Å²) in [6, 6.07) is 10.8. The van der Waals surface area contributed by atoms with E-state index in [9.17, 15) is 0 Å². The Morgan fingerprint density at radius 3 is 2.63 bits per heavy atom. The Morgan fingerprint density at radius 1 is 0.977 bits per heavy atom. The summed E-state index contributed by atoms with van der Waals surface area (Å²) < 4.78 is 0. The fourth-order valence-electron chi connectivity index (χ4n) is 7.86. The second kappa shape index (κ2) is 11.9. The first-order valence-corrected chi connectivity index (χ1v) is 16.2. The average Bonchev–Trinajstić information content (AvgIpc) is 3.07. The van der Waals surface area contributed by atoms with Gasteiger partial charge in [0.15, 0.2) is 0 Å². The molecule has 1 aromatic carbocycles. The van der Waals surface area contributed by atoms with Gasteiger partial charge < -0.3 is 5.41 Å². The van der Waals surface area contributed by atoms with E-state index < -0.39 is 0 Å². The molecule has 0 aromatic heterocycles. The molecule has 0 spiro atoms. The summed E-state index contributed by atoms with van der Waals surface area (Å²) in [5, 5.41) is 9.05. The Kier molecular flexibility index (Phi) is 7.70. The van der Waals surface area contributed by atoms with Crippen molar-refractivity contribution in [2.24, 2.45) is 40.0 Å².